The average molecular weight is 261 g/mol. The summed E-state index contributed by atoms with van der Waals surface area (Å²) in [5.41, 5.74) is -1.53. The summed E-state index contributed by atoms with van der Waals surface area (Å²) in [6, 6.07) is 2.59. The number of carbonyl (C=O) groups is 1. The van der Waals surface area contributed by atoms with Gasteiger partial charge in [-0.1, -0.05) is 0 Å². The molecule has 1 aromatic carbocycles. The van der Waals surface area contributed by atoms with E-state index >= 15 is 0 Å². The van der Waals surface area contributed by atoms with Crippen LogP contribution < -0.4 is 5.32 Å². The molecule has 0 heterocycles. The first-order valence-electron chi connectivity index (χ1n) is 5.51. The zero-order valence-electron chi connectivity index (χ0n) is 9.35. The number of carbonyl (C=O) groups excluding carboxylic acids is 1. The lowest BCUT2D eigenvalue weighted by atomic mass is 10.1. The first kappa shape index (κ1) is 13.0. The van der Waals surface area contributed by atoms with Crippen molar-refractivity contribution in [2.24, 2.45) is 0 Å². The van der Waals surface area contributed by atoms with Gasteiger partial charge >= 0.3 is 6.18 Å². The Labute approximate surface area is 101 Å². The summed E-state index contributed by atoms with van der Waals surface area (Å²) in [5.74, 6) is -1.83. The van der Waals surface area contributed by atoms with Gasteiger partial charge in [0.05, 0.1) is 12.1 Å². The van der Waals surface area contributed by atoms with E-state index in [9.17, 15) is 22.4 Å². The zero-order valence-corrected chi connectivity index (χ0v) is 9.35. The van der Waals surface area contributed by atoms with Gasteiger partial charge in [0.25, 0.3) is 0 Å². The lowest BCUT2D eigenvalue weighted by Crippen LogP contribution is -2.25. The molecule has 1 aliphatic carbocycles. The second kappa shape index (κ2) is 4.68. The van der Waals surface area contributed by atoms with Crippen LogP contribution in [0.25, 0.3) is 0 Å². The van der Waals surface area contributed by atoms with Gasteiger partial charge in [0.1, 0.15) is 5.82 Å². The highest BCUT2D eigenvalue weighted by atomic mass is 19.4. The Bertz CT molecular complexity index is 466. The van der Waals surface area contributed by atoms with E-state index < -0.39 is 23.3 Å². The number of hydrogen-bond donors (Lipinski definition) is 1. The summed E-state index contributed by atoms with van der Waals surface area (Å²) in [4.78, 5) is 11.6. The van der Waals surface area contributed by atoms with Crippen LogP contribution in [0.3, 0.4) is 0 Å². The molecule has 1 aromatic rings. The Morgan fingerprint density at radius 1 is 1.33 bits per heavy atom. The minimum Gasteiger partial charge on any atom is -0.307 e. The third-order valence-corrected chi connectivity index (χ3v) is 2.72. The van der Waals surface area contributed by atoms with Crippen LogP contribution in [0.15, 0.2) is 18.2 Å². The molecule has 2 rings (SSSR count). The van der Waals surface area contributed by atoms with Crippen molar-refractivity contribution in [3.63, 3.8) is 0 Å². The molecule has 1 saturated carbocycles. The molecule has 0 aromatic heterocycles. The second-order valence-electron chi connectivity index (χ2n) is 4.27. The molecule has 98 valence electrons. The van der Waals surface area contributed by atoms with E-state index in [1.807, 2.05) is 0 Å². The average Bonchev–Trinajstić information content (AvgIpc) is 3.08. The highest BCUT2D eigenvalue weighted by Crippen LogP contribution is 2.32. The SMILES string of the molecule is O=C(CNC1CC1)c1ccc(F)c(C(F)(F)F)c1. The van der Waals surface area contributed by atoms with E-state index in [0.29, 0.717) is 12.1 Å². The zero-order chi connectivity index (χ0) is 13.3. The topological polar surface area (TPSA) is 29.1 Å². The molecule has 2 nitrogen and oxygen atoms in total. The predicted molar refractivity (Wildman–Crippen MR) is 56.8 cm³/mol. The molecule has 1 fully saturated rings. The Kier molecular flexibility index (Phi) is 3.38. The van der Waals surface area contributed by atoms with Gasteiger partial charge in [-0.05, 0) is 31.0 Å². The number of alkyl halides is 3. The molecular weight excluding hydrogens is 250 g/mol. The summed E-state index contributed by atoms with van der Waals surface area (Å²) in [6.07, 6.45) is -2.83. The molecule has 0 unspecified atom stereocenters. The lowest BCUT2D eigenvalue weighted by Gasteiger charge is -2.09. The van der Waals surface area contributed by atoms with E-state index in [2.05, 4.69) is 5.32 Å². The number of Topliss-reactive ketones (excluding diaryl/α,β-unsaturated/α-hetero) is 1. The van der Waals surface area contributed by atoms with Gasteiger partial charge in [0.15, 0.2) is 5.78 Å². The van der Waals surface area contributed by atoms with Gasteiger partial charge in [0, 0.05) is 11.6 Å². The number of rotatable bonds is 4. The van der Waals surface area contributed by atoms with Crippen molar-refractivity contribution in [2.75, 3.05) is 6.54 Å². The van der Waals surface area contributed by atoms with Crippen molar-refractivity contribution in [2.45, 2.75) is 25.1 Å². The number of benzene rings is 1. The molecule has 0 spiro atoms. The van der Waals surface area contributed by atoms with Gasteiger partial charge in [-0.2, -0.15) is 13.2 Å². The normalized spacial score (nSPS) is 15.8. The Balaban J connectivity index is 2.14. The van der Waals surface area contributed by atoms with Crippen molar-refractivity contribution in [1.29, 1.82) is 0 Å². The van der Waals surface area contributed by atoms with Gasteiger partial charge in [-0.25, -0.2) is 4.39 Å². The van der Waals surface area contributed by atoms with E-state index in [0.717, 1.165) is 18.9 Å². The van der Waals surface area contributed by atoms with Crippen molar-refractivity contribution in [1.82, 2.24) is 5.32 Å². The molecule has 0 amide bonds. The van der Waals surface area contributed by atoms with E-state index in [1.165, 1.54) is 0 Å². The van der Waals surface area contributed by atoms with Crippen molar-refractivity contribution in [3.05, 3.63) is 35.1 Å². The standard InChI is InChI=1S/C12H11F4NO/c13-10-4-1-7(5-9(10)12(14,15)16)11(18)6-17-8-2-3-8/h1,4-5,8,17H,2-3,6H2. The van der Waals surface area contributed by atoms with Gasteiger partial charge < -0.3 is 5.32 Å². The molecule has 0 aliphatic heterocycles. The van der Waals surface area contributed by atoms with Gasteiger partial charge in [0.2, 0.25) is 0 Å². The molecular formula is C12H11F4NO. The predicted octanol–water partition coefficient (Wildman–Crippen LogP) is 2.78. The maximum atomic E-state index is 13.0. The lowest BCUT2D eigenvalue weighted by molar-refractivity contribution is -0.140. The first-order chi connectivity index (χ1) is 8.38. The summed E-state index contributed by atoms with van der Waals surface area (Å²) in [6.45, 7) is -0.0202. The highest BCUT2D eigenvalue weighted by molar-refractivity contribution is 5.97. The van der Waals surface area contributed by atoms with Crippen LogP contribution in [0.4, 0.5) is 17.6 Å². The van der Waals surface area contributed by atoms with Crippen LogP contribution in [-0.4, -0.2) is 18.4 Å². The van der Waals surface area contributed by atoms with Crippen LogP contribution in [0, 0.1) is 5.82 Å². The molecule has 0 saturated heterocycles. The fraction of sp³-hybridized carbons (Fsp3) is 0.417. The third-order valence-electron chi connectivity index (χ3n) is 2.72. The van der Waals surface area contributed by atoms with Crippen LogP contribution in [0.5, 0.6) is 0 Å². The summed E-state index contributed by atoms with van der Waals surface area (Å²) >= 11 is 0. The first-order valence-corrected chi connectivity index (χ1v) is 5.51. The van der Waals surface area contributed by atoms with Crippen LogP contribution in [-0.2, 0) is 6.18 Å². The number of halogens is 4. The Hall–Kier alpha value is -1.43. The molecule has 0 radical (unpaired) electrons. The summed E-state index contributed by atoms with van der Waals surface area (Å²) < 4.78 is 50.4. The van der Waals surface area contributed by atoms with Crippen molar-refractivity contribution < 1.29 is 22.4 Å². The Morgan fingerprint density at radius 3 is 2.56 bits per heavy atom. The number of nitrogens with one attached hydrogen (secondary N) is 1. The molecule has 1 N–H and O–H groups in total. The molecule has 0 atom stereocenters. The Morgan fingerprint density at radius 2 is 2.00 bits per heavy atom. The minimum atomic E-state index is -4.79. The third kappa shape index (κ3) is 3.07. The molecule has 18 heavy (non-hydrogen) atoms. The number of hydrogen-bond acceptors (Lipinski definition) is 2. The maximum absolute atomic E-state index is 13.0. The summed E-state index contributed by atoms with van der Waals surface area (Å²) in [5, 5.41) is 2.90. The monoisotopic (exact) mass is 261 g/mol. The summed E-state index contributed by atoms with van der Waals surface area (Å²) in [7, 11) is 0. The smallest absolute Gasteiger partial charge is 0.307 e. The fourth-order valence-electron chi connectivity index (χ4n) is 1.54. The van der Waals surface area contributed by atoms with Crippen LogP contribution in [0.1, 0.15) is 28.8 Å². The molecule has 0 bridgehead atoms. The van der Waals surface area contributed by atoms with Crippen molar-refractivity contribution in [3.8, 4) is 0 Å². The van der Waals surface area contributed by atoms with Crippen LogP contribution >= 0.6 is 0 Å². The minimum absolute atomic E-state index is 0.0202. The molecule has 1 aliphatic rings. The van der Waals surface area contributed by atoms with E-state index in [4.69, 9.17) is 0 Å². The van der Waals surface area contributed by atoms with Gasteiger partial charge in [-0.15, -0.1) is 0 Å². The second-order valence-corrected chi connectivity index (χ2v) is 4.27. The van der Waals surface area contributed by atoms with Crippen LogP contribution in [0.2, 0.25) is 0 Å². The number of ketones is 1. The van der Waals surface area contributed by atoms with Crippen molar-refractivity contribution >= 4 is 5.78 Å². The maximum Gasteiger partial charge on any atom is 0.419 e. The molecule has 6 heteroatoms. The quantitative estimate of drug-likeness (QED) is 0.667. The highest BCUT2D eigenvalue weighted by Gasteiger charge is 2.34. The van der Waals surface area contributed by atoms with E-state index in [1.54, 1.807) is 0 Å². The van der Waals surface area contributed by atoms with E-state index in [-0.39, 0.29) is 18.2 Å². The van der Waals surface area contributed by atoms with Gasteiger partial charge in [-0.3, -0.25) is 4.79 Å². The largest absolute Gasteiger partial charge is 0.419 e. The fourth-order valence-corrected chi connectivity index (χ4v) is 1.54.